The first-order chi connectivity index (χ1) is 12.0. The lowest BCUT2D eigenvalue weighted by Gasteiger charge is -2.20. The number of nitrogens with two attached hydrogens (primary N) is 3. The first-order valence-electron chi connectivity index (χ1n) is 7.99. The lowest BCUT2D eigenvalue weighted by Crippen LogP contribution is -2.53. The Morgan fingerprint density at radius 1 is 1.15 bits per heavy atom. The summed E-state index contributed by atoms with van der Waals surface area (Å²) in [5.74, 6) is -2.26. The van der Waals surface area contributed by atoms with E-state index in [9.17, 15) is 18.6 Å². The maximum atomic E-state index is 12.1. The van der Waals surface area contributed by atoms with Crippen LogP contribution in [0.4, 0.5) is 0 Å². The second-order valence-electron chi connectivity index (χ2n) is 5.75. The molecule has 0 aliphatic carbocycles. The third-order valence-electron chi connectivity index (χ3n) is 3.37. The third kappa shape index (κ3) is 10.6. The number of carboxylic acid groups (broad SMARTS) is 1. The van der Waals surface area contributed by atoms with E-state index >= 15 is 0 Å². The van der Waals surface area contributed by atoms with Crippen LogP contribution in [0.3, 0.4) is 0 Å². The quantitative estimate of drug-likeness (QED) is 0.116. The van der Waals surface area contributed by atoms with Gasteiger partial charge in [0.05, 0.1) is 6.04 Å². The molecule has 2 amide bonds. The SMILES string of the molecule is CC(NC(=O)C(N)CCS(C)=O)C(=O)NC(CCCN=C(N)N)C(=O)O. The maximum Gasteiger partial charge on any atom is 0.326 e. The van der Waals surface area contributed by atoms with Crippen molar-refractivity contribution in [3.05, 3.63) is 0 Å². The van der Waals surface area contributed by atoms with Gasteiger partial charge in [0.15, 0.2) is 5.96 Å². The Bertz CT molecular complexity index is 552. The van der Waals surface area contributed by atoms with Crippen LogP contribution in [0, 0.1) is 0 Å². The molecule has 0 saturated carbocycles. The fraction of sp³-hybridized carbons (Fsp3) is 0.714. The Labute approximate surface area is 154 Å². The van der Waals surface area contributed by atoms with Crippen molar-refractivity contribution in [2.24, 2.45) is 22.2 Å². The van der Waals surface area contributed by atoms with E-state index < -0.39 is 46.7 Å². The number of hydrogen-bond donors (Lipinski definition) is 6. The summed E-state index contributed by atoms with van der Waals surface area (Å²) in [6, 6.07) is -3.00. The van der Waals surface area contributed by atoms with Gasteiger partial charge in [-0.15, -0.1) is 0 Å². The van der Waals surface area contributed by atoms with Crippen molar-refractivity contribution in [2.45, 2.75) is 44.3 Å². The molecule has 0 heterocycles. The Balaban J connectivity index is 4.49. The van der Waals surface area contributed by atoms with Gasteiger partial charge in [0.25, 0.3) is 0 Å². The number of rotatable bonds is 12. The zero-order valence-corrected chi connectivity index (χ0v) is 15.8. The predicted molar refractivity (Wildman–Crippen MR) is 98.6 cm³/mol. The molecule has 150 valence electrons. The smallest absolute Gasteiger partial charge is 0.326 e. The van der Waals surface area contributed by atoms with Gasteiger partial charge >= 0.3 is 5.97 Å². The van der Waals surface area contributed by atoms with Crippen LogP contribution >= 0.6 is 0 Å². The Morgan fingerprint density at radius 2 is 1.77 bits per heavy atom. The second kappa shape index (κ2) is 12.2. The molecule has 0 aromatic carbocycles. The van der Waals surface area contributed by atoms with E-state index in [0.29, 0.717) is 6.42 Å². The molecular weight excluding hydrogens is 364 g/mol. The van der Waals surface area contributed by atoms with Crippen LogP contribution in [-0.4, -0.2) is 69.7 Å². The molecule has 9 N–H and O–H groups in total. The zero-order chi connectivity index (χ0) is 20.3. The van der Waals surface area contributed by atoms with E-state index in [4.69, 9.17) is 22.3 Å². The molecule has 0 aliphatic rings. The number of amides is 2. The number of carboxylic acids is 1. The molecule has 26 heavy (non-hydrogen) atoms. The highest BCUT2D eigenvalue weighted by molar-refractivity contribution is 7.84. The van der Waals surface area contributed by atoms with Crippen molar-refractivity contribution in [3.63, 3.8) is 0 Å². The summed E-state index contributed by atoms with van der Waals surface area (Å²) in [5.41, 5.74) is 16.0. The molecule has 0 aromatic rings. The topological polar surface area (TPSA) is 203 Å². The molecule has 0 fully saturated rings. The van der Waals surface area contributed by atoms with Gasteiger partial charge in [-0.25, -0.2) is 4.79 Å². The normalized spacial score (nSPS) is 15.2. The number of aliphatic imine (C=N–C) groups is 1. The van der Waals surface area contributed by atoms with Crippen molar-refractivity contribution in [1.82, 2.24) is 10.6 Å². The average molecular weight is 392 g/mol. The van der Waals surface area contributed by atoms with Crippen molar-refractivity contribution in [2.75, 3.05) is 18.6 Å². The van der Waals surface area contributed by atoms with Gasteiger partial charge in [0.2, 0.25) is 11.8 Å². The van der Waals surface area contributed by atoms with Gasteiger partial charge in [0, 0.05) is 29.4 Å². The van der Waals surface area contributed by atoms with E-state index in [1.807, 2.05) is 0 Å². The summed E-state index contributed by atoms with van der Waals surface area (Å²) < 4.78 is 11.0. The molecule has 0 radical (unpaired) electrons. The number of carbonyl (C=O) groups is 3. The fourth-order valence-corrected chi connectivity index (χ4v) is 2.45. The van der Waals surface area contributed by atoms with Gasteiger partial charge < -0.3 is 32.9 Å². The van der Waals surface area contributed by atoms with Gasteiger partial charge in [-0.2, -0.15) is 0 Å². The molecule has 4 atom stereocenters. The van der Waals surface area contributed by atoms with Crippen LogP contribution in [0.15, 0.2) is 4.99 Å². The van der Waals surface area contributed by atoms with Crippen LogP contribution in [0.5, 0.6) is 0 Å². The van der Waals surface area contributed by atoms with Crippen LogP contribution in [0.2, 0.25) is 0 Å². The summed E-state index contributed by atoms with van der Waals surface area (Å²) in [6.45, 7) is 1.65. The van der Waals surface area contributed by atoms with Gasteiger partial charge in [0.1, 0.15) is 12.1 Å². The molecule has 0 saturated heterocycles. The first kappa shape index (κ1) is 23.8. The molecule has 0 aliphatic heterocycles. The van der Waals surface area contributed by atoms with E-state index in [-0.39, 0.29) is 31.1 Å². The fourth-order valence-electron chi connectivity index (χ4n) is 1.87. The highest BCUT2D eigenvalue weighted by Crippen LogP contribution is 2.00. The number of nitrogens with zero attached hydrogens (tertiary/aromatic N) is 1. The summed E-state index contributed by atoms with van der Waals surface area (Å²) in [5, 5.41) is 13.9. The predicted octanol–water partition coefficient (Wildman–Crippen LogP) is -2.79. The highest BCUT2D eigenvalue weighted by Gasteiger charge is 2.25. The lowest BCUT2D eigenvalue weighted by atomic mass is 10.1. The molecule has 0 spiro atoms. The van der Waals surface area contributed by atoms with E-state index in [1.54, 1.807) is 0 Å². The summed E-state index contributed by atoms with van der Waals surface area (Å²) in [6.07, 6.45) is 2.20. The van der Waals surface area contributed by atoms with Crippen LogP contribution in [0.1, 0.15) is 26.2 Å². The van der Waals surface area contributed by atoms with E-state index in [0.717, 1.165) is 0 Å². The largest absolute Gasteiger partial charge is 0.480 e. The monoisotopic (exact) mass is 392 g/mol. The van der Waals surface area contributed by atoms with Gasteiger partial charge in [-0.1, -0.05) is 0 Å². The molecular formula is C14H28N6O5S. The maximum absolute atomic E-state index is 12.1. The van der Waals surface area contributed by atoms with Gasteiger partial charge in [-0.3, -0.25) is 18.8 Å². The second-order valence-corrected chi connectivity index (χ2v) is 7.31. The van der Waals surface area contributed by atoms with Gasteiger partial charge in [-0.05, 0) is 26.2 Å². The summed E-state index contributed by atoms with van der Waals surface area (Å²) in [4.78, 5) is 38.9. The molecule has 11 nitrogen and oxygen atoms in total. The number of hydrogen-bond acceptors (Lipinski definition) is 6. The highest BCUT2D eigenvalue weighted by atomic mass is 32.2. The molecule has 0 rings (SSSR count). The lowest BCUT2D eigenvalue weighted by molar-refractivity contribution is -0.142. The van der Waals surface area contributed by atoms with Crippen molar-refractivity contribution < 1.29 is 23.7 Å². The summed E-state index contributed by atoms with van der Waals surface area (Å²) >= 11 is 0. The molecule has 0 bridgehead atoms. The Kier molecular flexibility index (Phi) is 11.2. The number of carbonyl (C=O) groups excluding carboxylic acids is 2. The minimum Gasteiger partial charge on any atom is -0.480 e. The molecule has 12 heteroatoms. The standard InChI is InChI=1S/C14H28N6O5S/c1-8(19-12(22)9(15)5-7-26(2)25)11(21)20-10(13(23)24)4-3-6-18-14(16)17/h8-10H,3-7,15H2,1-2H3,(H,19,22)(H,20,21)(H,23,24)(H4,16,17,18). The number of aliphatic carboxylic acids is 1. The first-order valence-corrected chi connectivity index (χ1v) is 9.71. The Hall–Kier alpha value is -2.21. The van der Waals surface area contributed by atoms with Crippen molar-refractivity contribution in [3.8, 4) is 0 Å². The number of guanidine groups is 1. The Morgan fingerprint density at radius 3 is 2.27 bits per heavy atom. The van der Waals surface area contributed by atoms with Crippen molar-refractivity contribution >= 4 is 34.5 Å². The zero-order valence-electron chi connectivity index (χ0n) is 14.9. The third-order valence-corrected chi connectivity index (χ3v) is 4.18. The molecule has 0 aromatic heterocycles. The van der Waals surface area contributed by atoms with Crippen LogP contribution in [-0.2, 0) is 25.2 Å². The van der Waals surface area contributed by atoms with Crippen LogP contribution < -0.4 is 27.8 Å². The minimum atomic E-state index is -1.20. The number of nitrogens with one attached hydrogen (secondary N) is 2. The van der Waals surface area contributed by atoms with E-state index in [1.165, 1.54) is 13.2 Å². The minimum absolute atomic E-state index is 0.0968. The van der Waals surface area contributed by atoms with Crippen molar-refractivity contribution in [1.29, 1.82) is 0 Å². The van der Waals surface area contributed by atoms with Crippen LogP contribution in [0.25, 0.3) is 0 Å². The summed E-state index contributed by atoms with van der Waals surface area (Å²) in [7, 11) is -1.07. The average Bonchev–Trinajstić information content (AvgIpc) is 2.54. The molecule has 4 unspecified atom stereocenters. The van der Waals surface area contributed by atoms with E-state index in [2.05, 4.69) is 15.6 Å².